The zero-order valence-electron chi connectivity index (χ0n) is 14.0. The normalized spacial score (nSPS) is 10.0. The number of aryl methyl sites for hydroxylation is 1. The minimum Gasteiger partial charge on any atom is -0.206 e. The summed E-state index contributed by atoms with van der Waals surface area (Å²) in [4.78, 5) is 0. The van der Waals surface area contributed by atoms with Gasteiger partial charge in [0.2, 0.25) is 0 Å². The second kappa shape index (κ2) is 7.64. The first-order chi connectivity index (χ1) is 12.6. The highest BCUT2D eigenvalue weighted by Gasteiger charge is 2.08. The number of nitriles is 1. The summed E-state index contributed by atoms with van der Waals surface area (Å²) >= 11 is 0. The van der Waals surface area contributed by atoms with Gasteiger partial charge in [-0.05, 0) is 42.7 Å². The molecule has 3 aromatic carbocycles. The van der Waals surface area contributed by atoms with Crippen LogP contribution in [-0.4, -0.2) is 0 Å². The first-order valence-electron chi connectivity index (χ1n) is 8.16. The third-order valence-corrected chi connectivity index (χ3v) is 4.12. The van der Waals surface area contributed by atoms with Crippen LogP contribution in [0.1, 0.15) is 28.7 Å². The molecule has 26 heavy (non-hydrogen) atoms. The van der Waals surface area contributed by atoms with E-state index in [1.54, 1.807) is 36.4 Å². The molecule has 0 fully saturated rings. The van der Waals surface area contributed by atoms with Gasteiger partial charge < -0.3 is 0 Å². The minimum absolute atomic E-state index is 0.0104. The highest BCUT2D eigenvalue weighted by molar-refractivity contribution is 5.90. The predicted molar refractivity (Wildman–Crippen MR) is 99.5 cm³/mol. The molecule has 0 bridgehead atoms. The van der Waals surface area contributed by atoms with Crippen LogP contribution in [0, 0.1) is 34.8 Å². The molecule has 0 atom stereocenters. The summed E-state index contributed by atoms with van der Waals surface area (Å²) in [5.41, 5.74) is 1.76. The van der Waals surface area contributed by atoms with E-state index in [0.29, 0.717) is 21.9 Å². The largest absolute Gasteiger partial charge is 0.206 e. The summed E-state index contributed by atoms with van der Waals surface area (Å²) in [6, 6.07) is 14.9. The van der Waals surface area contributed by atoms with Crippen LogP contribution in [0.2, 0.25) is 0 Å². The van der Waals surface area contributed by atoms with Crippen molar-refractivity contribution in [1.29, 1.82) is 5.26 Å². The van der Waals surface area contributed by atoms with Gasteiger partial charge in [0, 0.05) is 16.3 Å². The van der Waals surface area contributed by atoms with Crippen LogP contribution in [0.25, 0.3) is 10.8 Å². The molecule has 3 aromatic rings. The highest BCUT2D eigenvalue weighted by atomic mass is 19.1. The molecule has 0 heterocycles. The number of hydrogen-bond acceptors (Lipinski definition) is 1. The van der Waals surface area contributed by atoms with Crippen LogP contribution in [0.4, 0.5) is 8.78 Å². The van der Waals surface area contributed by atoms with Crippen molar-refractivity contribution in [3.8, 4) is 17.9 Å². The molecule has 0 spiro atoms. The number of rotatable bonds is 3. The van der Waals surface area contributed by atoms with Crippen LogP contribution in [0.3, 0.4) is 0 Å². The van der Waals surface area contributed by atoms with Crippen molar-refractivity contribution in [2.24, 2.45) is 0 Å². The zero-order valence-corrected chi connectivity index (χ0v) is 14.0. The maximum atomic E-state index is 14.3. The Bertz CT molecular complexity index is 1090. The lowest BCUT2D eigenvalue weighted by atomic mass is 10.0. The lowest BCUT2D eigenvalue weighted by Gasteiger charge is -2.03. The van der Waals surface area contributed by atoms with E-state index >= 15 is 0 Å². The van der Waals surface area contributed by atoms with Gasteiger partial charge in [0.05, 0.1) is 11.1 Å². The van der Waals surface area contributed by atoms with Crippen LogP contribution in [0.15, 0.2) is 61.2 Å². The molecule has 0 aromatic heterocycles. The first-order valence-corrected chi connectivity index (χ1v) is 8.16. The number of halogens is 2. The Morgan fingerprint density at radius 3 is 2.42 bits per heavy atom. The number of fused-ring (bicyclic) bond motifs is 1. The van der Waals surface area contributed by atoms with E-state index in [4.69, 9.17) is 5.26 Å². The van der Waals surface area contributed by atoms with Gasteiger partial charge in [-0.15, -0.1) is 6.58 Å². The molecule has 0 N–H and O–H groups in total. The summed E-state index contributed by atoms with van der Waals surface area (Å²) in [6.07, 6.45) is 3.32. The first kappa shape index (κ1) is 17.4. The van der Waals surface area contributed by atoms with Gasteiger partial charge in [0.25, 0.3) is 0 Å². The third kappa shape index (κ3) is 3.48. The van der Waals surface area contributed by atoms with Gasteiger partial charge in [-0.1, -0.05) is 42.2 Å². The van der Waals surface area contributed by atoms with Crippen molar-refractivity contribution in [1.82, 2.24) is 0 Å². The quantitative estimate of drug-likeness (QED) is 0.454. The fourth-order valence-electron chi connectivity index (χ4n) is 2.74. The Hall–Kier alpha value is -3.43. The van der Waals surface area contributed by atoms with E-state index in [1.807, 2.05) is 12.1 Å². The SMILES string of the molecule is C=CCCc1ccc(C#Cc2cccc3c(F)c(C#N)ccc23)c(F)c1. The van der Waals surface area contributed by atoms with Crippen molar-refractivity contribution in [3.05, 3.63) is 95.1 Å². The topological polar surface area (TPSA) is 23.8 Å². The molecule has 0 unspecified atom stereocenters. The second-order valence-electron chi connectivity index (χ2n) is 5.83. The average molecular weight is 343 g/mol. The molecule has 0 saturated carbocycles. The Morgan fingerprint density at radius 2 is 1.69 bits per heavy atom. The van der Waals surface area contributed by atoms with Crippen molar-refractivity contribution in [2.45, 2.75) is 12.8 Å². The lowest BCUT2D eigenvalue weighted by molar-refractivity contribution is 0.622. The smallest absolute Gasteiger partial charge is 0.148 e. The Labute approximate surface area is 151 Å². The van der Waals surface area contributed by atoms with Crippen molar-refractivity contribution < 1.29 is 8.78 Å². The van der Waals surface area contributed by atoms with Gasteiger partial charge in [0.15, 0.2) is 0 Å². The van der Waals surface area contributed by atoms with Gasteiger partial charge in [-0.3, -0.25) is 0 Å². The maximum absolute atomic E-state index is 14.3. The number of nitrogens with zero attached hydrogens (tertiary/aromatic N) is 1. The molecule has 0 aliphatic rings. The summed E-state index contributed by atoms with van der Waals surface area (Å²) in [5, 5.41) is 9.87. The van der Waals surface area contributed by atoms with E-state index < -0.39 is 5.82 Å². The third-order valence-electron chi connectivity index (χ3n) is 4.12. The zero-order chi connectivity index (χ0) is 18.5. The molecule has 3 heteroatoms. The van der Waals surface area contributed by atoms with Gasteiger partial charge in [-0.25, -0.2) is 8.78 Å². The van der Waals surface area contributed by atoms with Crippen LogP contribution in [-0.2, 0) is 6.42 Å². The van der Waals surface area contributed by atoms with Crippen LogP contribution in [0.5, 0.6) is 0 Å². The molecule has 0 aliphatic heterocycles. The van der Waals surface area contributed by atoms with Gasteiger partial charge >= 0.3 is 0 Å². The number of benzene rings is 3. The average Bonchev–Trinajstić information content (AvgIpc) is 2.66. The standard InChI is InChI=1S/C23H15F2N/c1-2-3-5-16-8-9-18(22(24)14-16)11-10-17-6-4-7-21-20(17)13-12-19(15-26)23(21)25/h2,4,6-9,12-14H,1,3,5H2. The molecule has 1 nitrogen and oxygen atoms in total. The van der Waals surface area contributed by atoms with Gasteiger partial charge in [-0.2, -0.15) is 5.26 Å². The van der Waals surface area contributed by atoms with E-state index in [1.165, 1.54) is 12.1 Å². The summed E-state index contributed by atoms with van der Waals surface area (Å²) < 4.78 is 28.5. The summed E-state index contributed by atoms with van der Waals surface area (Å²) in [5.74, 6) is 4.80. The Morgan fingerprint density at radius 1 is 0.923 bits per heavy atom. The van der Waals surface area contributed by atoms with Crippen LogP contribution < -0.4 is 0 Å². The van der Waals surface area contributed by atoms with E-state index in [-0.39, 0.29) is 11.4 Å². The molecule has 0 amide bonds. The summed E-state index contributed by atoms with van der Waals surface area (Å²) in [6.45, 7) is 3.66. The molecular weight excluding hydrogens is 328 g/mol. The fraction of sp³-hybridized carbons (Fsp3) is 0.0870. The minimum atomic E-state index is -0.564. The second-order valence-corrected chi connectivity index (χ2v) is 5.83. The number of hydrogen-bond donors (Lipinski definition) is 0. The van der Waals surface area contributed by atoms with E-state index in [0.717, 1.165) is 18.4 Å². The van der Waals surface area contributed by atoms with Crippen LogP contribution >= 0.6 is 0 Å². The maximum Gasteiger partial charge on any atom is 0.148 e. The Balaban J connectivity index is 2.00. The Kier molecular flexibility index (Phi) is 5.11. The molecule has 3 rings (SSSR count). The van der Waals surface area contributed by atoms with Crippen molar-refractivity contribution in [3.63, 3.8) is 0 Å². The predicted octanol–water partition coefficient (Wildman–Crippen LogP) is 5.51. The summed E-state index contributed by atoms with van der Waals surface area (Å²) in [7, 11) is 0. The molecule has 0 saturated heterocycles. The highest BCUT2D eigenvalue weighted by Crippen LogP contribution is 2.23. The molecule has 0 radical (unpaired) electrons. The van der Waals surface area contributed by atoms with E-state index in [9.17, 15) is 8.78 Å². The van der Waals surface area contributed by atoms with Crippen molar-refractivity contribution in [2.75, 3.05) is 0 Å². The van der Waals surface area contributed by atoms with Crippen molar-refractivity contribution >= 4 is 10.8 Å². The number of allylic oxidation sites excluding steroid dienone is 1. The molecular formula is C23H15F2N. The molecule has 126 valence electrons. The van der Waals surface area contributed by atoms with E-state index in [2.05, 4.69) is 18.4 Å². The lowest BCUT2D eigenvalue weighted by Crippen LogP contribution is -1.90. The van der Waals surface area contributed by atoms with Gasteiger partial charge in [0.1, 0.15) is 17.7 Å². The monoisotopic (exact) mass is 343 g/mol. The molecule has 0 aliphatic carbocycles. The fourth-order valence-corrected chi connectivity index (χ4v) is 2.74.